The predicted octanol–water partition coefficient (Wildman–Crippen LogP) is 2.04. The zero-order chi connectivity index (χ0) is 13.1. The molecule has 2 aromatic rings. The van der Waals surface area contributed by atoms with Crippen molar-refractivity contribution in [2.24, 2.45) is 5.84 Å². The molecule has 0 aliphatic heterocycles. The van der Waals surface area contributed by atoms with E-state index in [9.17, 15) is 9.90 Å². The van der Waals surface area contributed by atoms with Crippen LogP contribution in [0.1, 0.15) is 10.4 Å². The first-order valence-electron chi connectivity index (χ1n) is 5.26. The Bertz CT molecular complexity index is 597. The van der Waals surface area contributed by atoms with Gasteiger partial charge < -0.3 is 15.6 Å². The standard InChI is InChI=1S/C13H12N2O3/c14-15-11-7-2-1-4-8(11)9-5-3-6-10(12(9)16)13(17)18/h1-7,15-16H,14H2,(H,17,18). The van der Waals surface area contributed by atoms with Crippen molar-refractivity contribution in [3.8, 4) is 16.9 Å². The minimum Gasteiger partial charge on any atom is -0.506 e. The zero-order valence-corrected chi connectivity index (χ0v) is 9.42. The average Bonchev–Trinajstić information content (AvgIpc) is 2.38. The zero-order valence-electron chi connectivity index (χ0n) is 9.42. The lowest BCUT2D eigenvalue weighted by Gasteiger charge is -2.11. The lowest BCUT2D eigenvalue weighted by Crippen LogP contribution is -2.08. The molecule has 0 spiro atoms. The summed E-state index contributed by atoms with van der Waals surface area (Å²) in [5, 5.41) is 18.9. The van der Waals surface area contributed by atoms with Gasteiger partial charge in [0.15, 0.2) is 0 Å². The number of carboxylic acid groups (broad SMARTS) is 1. The summed E-state index contributed by atoms with van der Waals surface area (Å²) in [6.45, 7) is 0. The summed E-state index contributed by atoms with van der Waals surface area (Å²) in [7, 11) is 0. The molecule has 5 heteroatoms. The van der Waals surface area contributed by atoms with Crippen LogP contribution in [-0.4, -0.2) is 16.2 Å². The Hall–Kier alpha value is -2.53. The number of phenols is 1. The van der Waals surface area contributed by atoms with Gasteiger partial charge in [-0.1, -0.05) is 30.3 Å². The van der Waals surface area contributed by atoms with Gasteiger partial charge in [-0.2, -0.15) is 0 Å². The molecule has 0 saturated carbocycles. The van der Waals surface area contributed by atoms with E-state index in [1.54, 1.807) is 36.4 Å². The predicted molar refractivity (Wildman–Crippen MR) is 68.3 cm³/mol. The van der Waals surface area contributed by atoms with E-state index < -0.39 is 5.97 Å². The number of hydrogen-bond acceptors (Lipinski definition) is 4. The second-order valence-electron chi connectivity index (χ2n) is 3.70. The summed E-state index contributed by atoms with van der Waals surface area (Å²) < 4.78 is 0. The minimum atomic E-state index is -1.17. The van der Waals surface area contributed by atoms with E-state index in [-0.39, 0.29) is 11.3 Å². The molecule has 0 saturated heterocycles. The van der Waals surface area contributed by atoms with Gasteiger partial charge in [-0.15, -0.1) is 0 Å². The molecule has 0 bridgehead atoms. The molecule has 5 nitrogen and oxygen atoms in total. The highest BCUT2D eigenvalue weighted by atomic mass is 16.4. The van der Waals surface area contributed by atoms with Gasteiger partial charge in [0, 0.05) is 11.1 Å². The summed E-state index contributed by atoms with van der Waals surface area (Å²) in [5.74, 6) is 3.94. The summed E-state index contributed by atoms with van der Waals surface area (Å²) >= 11 is 0. The normalized spacial score (nSPS) is 10.1. The molecular weight excluding hydrogens is 232 g/mol. The fourth-order valence-electron chi connectivity index (χ4n) is 1.78. The molecule has 2 rings (SSSR count). The maximum absolute atomic E-state index is 11.0. The number of hydrogen-bond donors (Lipinski definition) is 4. The number of benzene rings is 2. The van der Waals surface area contributed by atoms with Crippen molar-refractivity contribution in [3.63, 3.8) is 0 Å². The Morgan fingerprint density at radius 1 is 1.06 bits per heavy atom. The van der Waals surface area contributed by atoms with Crippen LogP contribution in [0.2, 0.25) is 0 Å². The van der Waals surface area contributed by atoms with Crippen LogP contribution < -0.4 is 11.3 Å². The maximum atomic E-state index is 11.0. The number of hydrazine groups is 1. The lowest BCUT2D eigenvalue weighted by molar-refractivity contribution is 0.0694. The van der Waals surface area contributed by atoms with Crippen molar-refractivity contribution in [2.45, 2.75) is 0 Å². The number of nitrogen functional groups attached to an aromatic ring is 1. The van der Waals surface area contributed by atoms with Crippen molar-refractivity contribution >= 4 is 11.7 Å². The van der Waals surface area contributed by atoms with Gasteiger partial charge in [-0.05, 0) is 12.1 Å². The first-order valence-corrected chi connectivity index (χ1v) is 5.26. The van der Waals surface area contributed by atoms with Gasteiger partial charge in [0.05, 0.1) is 5.69 Å². The van der Waals surface area contributed by atoms with Crippen LogP contribution in [0.5, 0.6) is 5.75 Å². The number of aromatic hydroxyl groups is 1. The van der Waals surface area contributed by atoms with Gasteiger partial charge in [0.2, 0.25) is 0 Å². The van der Waals surface area contributed by atoms with E-state index in [1.165, 1.54) is 6.07 Å². The SMILES string of the molecule is NNc1ccccc1-c1cccc(C(=O)O)c1O. The maximum Gasteiger partial charge on any atom is 0.339 e. The largest absolute Gasteiger partial charge is 0.506 e. The highest BCUT2D eigenvalue weighted by molar-refractivity contribution is 5.95. The van der Waals surface area contributed by atoms with Gasteiger partial charge in [0.1, 0.15) is 11.3 Å². The van der Waals surface area contributed by atoms with Crippen molar-refractivity contribution in [1.82, 2.24) is 0 Å². The van der Waals surface area contributed by atoms with Crippen LogP contribution in [0.15, 0.2) is 42.5 Å². The van der Waals surface area contributed by atoms with E-state index in [1.807, 2.05) is 0 Å². The van der Waals surface area contributed by atoms with Gasteiger partial charge >= 0.3 is 5.97 Å². The number of carbonyl (C=O) groups is 1. The van der Waals surface area contributed by atoms with Crippen molar-refractivity contribution < 1.29 is 15.0 Å². The summed E-state index contributed by atoms with van der Waals surface area (Å²) in [5.41, 5.74) is 4.04. The van der Waals surface area contributed by atoms with Gasteiger partial charge in [-0.25, -0.2) is 4.79 Å². The summed E-state index contributed by atoms with van der Waals surface area (Å²) in [6.07, 6.45) is 0. The molecule has 2 aromatic carbocycles. The van der Waals surface area contributed by atoms with Gasteiger partial charge in [0.25, 0.3) is 0 Å². The van der Waals surface area contributed by atoms with Gasteiger partial charge in [-0.3, -0.25) is 5.84 Å². The Labute approximate surface area is 103 Å². The Balaban J connectivity index is 2.64. The molecule has 0 unspecified atom stereocenters. The third kappa shape index (κ3) is 1.99. The van der Waals surface area contributed by atoms with E-state index in [4.69, 9.17) is 10.9 Å². The monoisotopic (exact) mass is 244 g/mol. The minimum absolute atomic E-state index is 0.140. The number of nitrogens with two attached hydrogens (primary N) is 1. The summed E-state index contributed by atoms with van der Waals surface area (Å²) in [6, 6.07) is 11.6. The van der Waals surface area contributed by atoms with E-state index in [0.29, 0.717) is 16.8 Å². The number of para-hydroxylation sites is 2. The van der Waals surface area contributed by atoms with Crippen molar-refractivity contribution in [3.05, 3.63) is 48.0 Å². The highest BCUT2D eigenvalue weighted by Gasteiger charge is 2.15. The van der Waals surface area contributed by atoms with Crippen molar-refractivity contribution in [1.29, 1.82) is 0 Å². The first kappa shape index (κ1) is 11.9. The average molecular weight is 244 g/mol. The highest BCUT2D eigenvalue weighted by Crippen LogP contribution is 2.35. The lowest BCUT2D eigenvalue weighted by atomic mass is 10.00. The van der Waals surface area contributed by atoms with Crippen molar-refractivity contribution in [2.75, 3.05) is 5.43 Å². The second kappa shape index (κ2) is 4.77. The number of anilines is 1. The molecule has 92 valence electrons. The third-order valence-electron chi connectivity index (χ3n) is 2.64. The fourth-order valence-corrected chi connectivity index (χ4v) is 1.78. The van der Waals surface area contributed by atoms with Crippen LogP contribution in [0, 0.1) is 0 Å². The van der Waals surface area contributed by atoms with E-state index in [2.05, 4.69) is 5.43 Å². The first-order chi connectivity index (χ1) is 8.65. The number of aromatic carboxylic acids is 1. The number of rotatable bonds is 3. The number of carboxylic acids is 1. The molecule has 0 aromatic heterocycles. The molecule has 18 heavy (non-hydrogen) atoms. The topological polar surface area (TPSA) is 95.6 Å². The molecule has 0 atom stereocenters. The molecular formula is C13H12N2O3. The molecule has 0 amide bonds. The number of nitrogens with one attached hydrogen (secondary N) is 1. The van der Waals surface area contributed by atoms with E-state index >= 15 is 0 Å². The molecule has 5 N–H and O–H groups in total. The molecule has 0 aliphatic rings. The smallest absolute Gasteiger partial charge is 0.339 e. The van der Waals surface area contributed by atoms with Crippen LogP contribution in [0.25, 0.3) is 11.1 Å². The van der Waals surface area contributed by atoms with Crippen LogP contribution >= 0.6 is 0 Å². The Morgan fingerprint density at radius 3 is 2.39 bits per heavy atom. The second-order valence-corrected chi connectivity index (χ2v) is 3.70. The summed E-state index contributed by atoms with van der Waals surface area (Å²) in [4.78, 5) is 11.0. The molecule has 0 fully saturated rings. The van der Waals surface area contributed by atoms with Crippen LogP contribution in [-0.2, 0) is 0 Å². The van der Waals surface area contributed by atoms with E-state index in [0.717, 1.165) is 0 Å². The molecule has 0 aliphatic carbocycles. The molecule has 0 heterocycles. The Kier molecular flexibility index (Phi) is 3.16. The quantitative estimate of drug-likeness (QED) is 0.489. The third-order valence-corrected chi connectivity index (χ3v) is 2.64. The fraction of sp³-hybridized carbons (Fsp3) is 0. The van der Waals surface area contributed by atoms with Crippen LogP contribution in [0.4, 0.5) is 5.69 Å². The van der Waals surface area contributed by atoms with Crippen LogP contribution in [0.3, 0.4) is 0 Å². The molecule has 0 radical (unpaired) electrons. The Morgan fingerprint density at radius 2 is 1.72 bits per heavy atom.